The van der Waals surface area contributed by atoms with Crippen LogP contribution in [0.25, 0.3) is 0 Å². The summed E-state index contributed by atoms with van der Waals surface area (Å²) in [5, 5.41) is 74.6. The van der Waals surface area contributed by atoms with Crippen LogP contribution in [0.15, 0.2) is 72.8 Å². The molecule has 8 heteroatoms. The number of aliphatic hydroxyl groups is 1. The lowest BCUT2D eigenvalue weighted by molar-refractivity contribution is 0.0781. The third-order valence-electron chi connectivity index (χ3n) is 8.42. The summed E-state index contributed by atoms with van der Waals surface area (Å²) >= 11 is 0. The fraction of sp³-hybridized carbons (Fsp3) is 0.219. The van der Waals surface area contributed by atoms with E-state index in [4.69, 9.17) is 0 Å². The Morgan fingerprint density at radius 2 is 1.12 bits per heavy atom. The molecule has 0 radical (unpaired) electrons. The number of carbonyl (C=O) groups excluding carboxylic acids is 1. The Bertz CT molecular complexity index is 1610. The highest BCUT2D eigenvalue weighted by Crippen LogP contribution is 2.58. The van der Waals surface area contributed by atoms with E-state index >= 15 is 0 Å². The monoisotopic (exact) mass is 540 g/mol. The van der Waals surface area contributed by atoms with Gasteiger partial charge in [-0.05, 0) is 71.0 Å². The normalized spacial score (nSPS) is 23.8. The minimum atomic E-state index is -1.11. The van der Waals surface area contributed by atoms with Gasteiger partial charge in [0.1, 0.15) is 34.5 Å². The van der Waals surface area contributed by atoms with E-state index in [1.54, 1.807) is 30.3 Å². The van der Waals surface area contributed by atoms with Crippen LogP contribution in [0.1, 0.15) is 68.3 Å². The van der Waals surface area contributed by atoms with Crippen LogP contribution in [0.3, 0.4) is 0 Å². The number of ketones is 1. The first-order valence-corrected chi connectivity index (χ1v) is 13.0. The zero-order valence-electron chi connectivity index (χ0n) is 21.3. The molecule has 5 atom stereocenters. The van der Waals surface area contributed by atoms with Crippen molar-refractivity contribution < 1.29 is 40.5 Å². The van der Waals surface area contributed by atoms with Crippen LogP contribution >= 0.6 is 0 Å². The van der Waals surface area contributed by atoms with Crippen molar-refractivity contribution in [2.45, 2.75) is 42.6 Å². The fourth-order valence-electron chi connectivity index (χ4n) is 6.78. The lowest BCUT2D eigenvalue weighted by Gasteiger charge is -2.46. The average Bonchev–Trinajstić information content (AvgIpc) is 2.89. The van der Waals surface area contributed by atoms with Gasteiger partial charge in [0.25, 0.3) is 0 Å². The van der Waals surface area contributed by atoms with Crippen LogP contribution in [0.4, 0.5) is 0 Å². The van der Waals surface area contributed by atoms with E-state index in [0.717, 1.165) is 11.6 Å². The molecule has 5 unspecified atom stereocenters. The van der Waals surface area contributed by atoms with Crippen LogP contribution in [0.2, 0.25) is 0 Å². The Morgan fingerprint density at radius 3 is 1.75 bits per heavy atom. The van der Waals surface area contributed by atoms with Gasteiger partial charge in [-0.2, -0.15) is 0 Å². The molecule has 2 aliphatic rings. The summed E-state index contributed by atoms with van der Waals surface area (Å²) in [6, 6.07) is 18.1. The Balaban J connectivity index is 1.62. The van der Waals surface area contributed by atoms with Crippen molar-refractivity contribution in [2.24, 2.45) is 0 Å². The number of carbonyl (C=O) groups is 1. The molecule has 8 nitrogen and oxygen atoms in total. The van der Waals surface area contributed by atoms with E-state index in [-0.39, 0.29) is 58.7 Å². The molecule has 7 N–H and O–H groups in total. The minimum absolute atomic E-state index is 0.0257. The molecule has 6 rings (SSSR count). The highest BCUT2D eigenvalue weighted by atomic mass is 16.3. The van der Waals surface area contributed by atoms with E-state index < -0.39 is 29.8 Å². The number of hydrogen-bond donors (Lipinski definition) is 7. The highest BCUT2D eigenvalue weighted by molar-refractivity contribution is 6.02. The van der Waals surface area contributed by atoms with Crippen molar-refractivity contribution in [1.29, 1.82) is 0 Å². The summed E-state index contributed by atoms with van der Waals surface area (Å²) in [6.45, 7) is 0. The zero-order valence-corrected chi connectivity index (χ0v) is 21.3. The van der Waals surface area contributed by atoms with Crippen LogP contribution in [-0.2, 0) is 6.42 Å². The van der Waals surface area contributed by atoms with Crippen LogP contribution in [-0.4, -0.2) is 47.6 Å². The van der Waals surface area contributed by atoms with E-state index in [1.165, 1.54) is 36.4 Å². The summed E-state index contributed by atoms with van der Waals surface area (Å²) < 4.78 is 0. The molecule has 0 aliphatic heterocycles. The van der Waals surface area contributed by atoms with E-state index in [0.29, 0.717) is 22.3 Å². The quantitative estimate of drug-likeness (QED) is 0.194. The van der Waals surface area contributed by atoms with E-state index in [1.807, 2.05) is 0 Å². The second-order valence-electron chi connectivity index (χ2n) is 10.7. The molecule has 4 aromatic carbocycles. The van der Waals surface area contributed by atoms with E-state index in [9.17, 15) is 40.5 Å². The van der Waals surface area contributed by atoms with Crippen molar-refractivity contribution in [3.63, 3.8) is 0 Å². The van der Waals surface area contributed by atoms with Crippen molar-refractivity contribution in [3.05, 3.63) is 106 Å². The van der Waals surface area contributed by atoms with Gasteiger partial charge < -0.3 is 35.7 Å². The number of aromatic hydroxyl groups is 6. The first-order valence-electron chi connectivity index (χ1n) is 13.0. The number of phenolic OH excluding ortho intramolecular Hbond substituents is 6. The third-order valence-corrected chi connectivity index (χ3v) is 8.42. The zero-order chi connectivity index (χ0) is 28.3. The molecular formula is C32H28O8. The Labute approximate surface area is 229 Å². The minimum Gasteiger partial charge on any atom is -0.508 e. The number of aliphatic hydroxyl groups excluding tert-OH is 1. The third kappa shape index (κ3) is 4.17. The van der Waals surface area contributed by atoms with Gasteiger partial charge in [-0.25, -0.2) is 0 Å². The topological polar surface area (TPSA) is 159 Å². The maximum Gasteiger partial charge on any atom is 0.167 e. The van der Waals surface area contributed by atoms with Gasteiger partial charge in [0.05, 0.1) is 11.7 Å². The largest absolute Gasteiger partial charge is 0.508 e. The first kappa shape index (κ1) is 25.6. The van der Waals surface area contributed by atoms with Crippen LogP contribution in [0, 0.1) is 0 Å². The second-order valence-corrected chi connectivity index (χ2v) is 10.7. The molecule has 0 saturated heterocycles. The number of Topliss-reactive ketones (excluding diaryl/α,β-unsaturated/α-hetero) is 1. The number of benzene rings is 4. The number of rotatable bonds is 3. The lowest BCUT2D eigenvalue weighted by Crippen LogP contribution is -2.40. The molecule has 0 amide bonds. The van der Waals surface area contributed by atoms with Gasteiger partial charge in [-0.3, -0.25) is 4.79 Å². The maximum absolute atomic E-state index is 13.4. The molecule has 0 saturated carbocycles. The lowest BCUT2D eigenvalue weighted by atomic mass is 9.59. The fourth-order valence-corrected chi connectivity index (χ4v) is 6.78. The van der Waals surface area contributed by atoms with Crippen LogP contribution in [0.5, 0.6) is 34.5 Å². The molecular weight excluding hydrogens is 512 g/mol. The summed E-state index contributed by atoms with van der Waals surface area (Å²) in [7, 11) is 0. The summed E-state index contributed by atoms with van der Waals surface area (Å²) in [4.78, 5) is 13.4. The molecule has 2 aliphatic carbocycles. The highest BCUT2D eigenvalue weighted by Gasteiger charge is 2.49. The smallest absolute Gasteiger partial charge is 0.167 e. The molecule has 4 aromatic rings. The molecule has 204 valence electrons. The molecule has 0 bridgehead atoms. The predicted octanol–water partition coefficient (Wildman–Crippen LogP) is 4.86. The van der Waals surface area contributed by atoms with Gasteiger partial charge in [0, 0.05) is 41.9 Å². The van der Waals surface area contributed by atoms with E-state index in [2.05, 4.69) is 0 Å². The van der Waals surface area contributed by atoms with Crippen molar-refractivity contribution >= 4 is 5.78 Å². The SMILES string of the molecule is O=C1CC(c2ccc(O)cc2)C(C2c3c(O)cc(O)cc3CC(c3ccc(O)cc3)C2O)c2cc(O)cc(O)c21. The molecule has 0 spiro atoms. The standard InChI is InChI=1S/C32H28O8/c33-18-5-1-15(2-6-18)22-14-27(39)30-24(11-21(36)13-26(30)38)29(22)31-28-17(9-20(35)12-25(28)37)10-23(32(31)40)16-3-7-19(34)8-4-16/h1-9,11-13,22-23,29,31-38,40H,10,14H2. The summed E-state index contributed by atoms with van der Waals surface area (Å²) in [6.07, 6.45) is -0.849. The molecule has 0 fully saturated rings. The van der Waals surface area contributed by atoms with Crippen molar-refractivity contribution in [3.8, 4) is 34.5 Å². The molecule has 40 heavy (non-hydrogen) atoms. The van der Waals surface area contributed by atoms with Crippen molar-refractivity contribution in [1.82, 2.24) is 0 Å². The van der Waals surface area contributed by atoms with Crippen LogP contribution < -0.4 is 0 Å². The summed E-state index contributed by atoms with van der Waals surface area (Å²) in [5.41, 5.74) is 2.84. The Hall–Kier alpha value is -4.69. The summed E-state index contributed by atoms with van der Waals surface area (Å²) in [5.74, 6) is -3.81. The van der Waals surface area contributed by atoms with Gasteiger partial charge in [0.15, 0.2) is 5.78 Å². The van der Waals surface area contributed by atoms with Crippen molar-refractivity contribution in [2.75, 3.05) is 0 Å². The molecule has 0 heterocycles. The van der Waals surface area contributed by atoms with Gasteiger partial charge in [-0.1, -0.05) is 24.3 Å². The van der Waals surface area contributed by atoms with Gasteiger partial charge >= 0.3 is 0 Å². The molecule has 0 aromatic heterocycles. The Morgan fingerprint density at radius 1 is 0.575 bits per heavy atom. The number of fused-ring (bicyclic) bond motifs is 2. The Kier molecular flexibility index (Phi) is 6.07. The van der Waals surface area contributed by atoms with Gasteiger partial charge in [0.2, 0.25) is 0 Å². The average molecular weight is 541 g/mol. The second kappa shape index (κ2) is 9.50. The maximum atomic E-state index is 13.4. The first-order chi connectivity index (χ1) is 19.1. The predicted molar refractivity (Wildman–Crippen MR) is 145 cm³/mol. The number of phenols is 6. The van der Waals surface area contributed by atoms with Gasteiger partial charge in [-0.15, -0.1) is 0 Å². The number of hydrogen-bond acceptors (Lipinski definition) is 8.